The summed E-state index contributed by atoms with van der Waals surface area (Å²) in [4.78, 5) is 80.7. The first kappa shape index (κ1) is 41.3. The van der Waals surface area contributed by atoms with E-state index in [9.17, 15) is 29.1 Å². The zero-order valence-corrected chi connectivity index (χ0v) is 32.9. The Kier molecular flexibility index (Phi) is 12.0. The van der Waals surface area contributed by atoms with E-state index in [2.05, 4.69) is 40.1 Å². The molecule has 1 aromatic heterocycles. The molecule has 4 aliphatic rings. The third-order valence-electron chi connectivity index (χ3n) is 12.6. The van der Waals surface area contributed by atoms with Gasteiger partial charge in [0.05, 0.1) is 24.0 Å². The molecule has 7 rings (SSSR count). The van der Waals surface area contributed by atoms with Gasteiger partial charge in [-0.3, -0.25) is 24.0 Å². The van der Waals surface area contributed by atoms with Crippen molar-refractivity contribution in [3.05, 3.63) is 59.9 Å². The van der Waals surface area contributed by atoms with Crippen molar-refractivity contribution in [2.24, 2.45) is 28.9 Å². The SMILES string of the molecule is CC(C)(O)c1cnnn1[C@H]1C[C@@H](C(=O)NC(CCCCNC(=O)O)C(=O)C(N)=O)N(C(=O)C(C[C@H]2CC[C@H]3C[C@@H]2C3(C)C)NC(=O)c2ccc3ccccc3c2)C1. The molecule has 306 valence electrons. The molecule has 3 saturated carbocycles. The van der Waals surface area contributed by atoms with Crippen LogP contribution in [-0.4, -0.2) is 96.8 Å². The summed E-state index contributed by atoms with van der Waals surface area (Å²) in [5.41, 5.74) is 4.86. The lowest BCUT2D eigenvalue weighted by atomic mass is 9.45. The Bertz CT molecular complexity index is 2020. The zero-order valence-electron chi connectivity index (χ0n) is 32.9. The predicted octanol–water partition coefficient (Wildman–Crippen LogP) is 3.04. The summed E-state index contributed by atoms with van der Waals surface area (Å²) in [5, 5.41) is 37.9. The van der Waals surface area contributed by atoms with Gasteiger partial charge in [-0.25, -0.2) is 9.48 Å². The van der Waals surface area contributed by atoms with E-state index in [-0.39, 0.29) is 43.7 Å². The standard InChI is InChI=1S/C41H54N8O8/c1-40(2)27-15-14-25(29(40)19-27)18-31(46-36(52)26-13-12-23-9-5-6-10-24(23)17-26)38(54)48-22-28(49-33(21-44-47-49)41(3,4)57)20-32(48)37(53)45-30(34(50)35(42)51)11-7-8-16-43-39(55)56/h5-6,9-10,12-13,17,21,25,27-32,43,57H,7-8,11,14-16,18-20,22H2,1-4H3,(H2,42,51)(H,45,53)(H,46,52)(H,55,56)/t25-,27+,28+,29+,30?,31?,32+/m1/s1. The quantitative estimate of drug-likeness (QED) is 0.0917. The molecule has 1 saturated heterocycles. The van der Waals surface area contributed by atoms with Crippen molar-refractivity contribution in [2.45, 2.75) is 109 Å². The molecule has 7 atom stereocenters. The van der Waals surface area contributed by atoms with Crippen LogP contribution in [0.4, 0.5) is 4.79 Å². The fourth-order valence-corrected chi connectivity index (χ4v) is 9.35. The molecule has 5 amide bonds. The maximum Gasteiger partial charge on any atom is 0.404 e. The molecule has 3 aromatic rings. The molecule has 1 aliphatic heterocycles. The number of unbranched alkanes of at least 4 members (excludes halogenated alkanes) is 1. The van der Waals surface area contributed by atoms with E-state index in [1.54, 1.807) is 26.0 Å². The molecule has 16 nitrogen and oxygen atoms in total. The van der Waals surface area contributed by atoms with Crippen molar-refractivity contribution in [3.8, 4) is 0 Å². The first-order valence-electron chi connectivity index (χ1n) is 19.8. The fraction of sp³-hybridized carbons (Fsp3) is 0.561. The van der Waals surface area contributed by atoms with E-state index in [0.29, 0.717) is 35.9 Å². The Morgan fingerprint density at radius 1 is 0.982 bits per heavy atom. The van der Waals surface area contributed by atoms with Gasteiger partial charge in [0.25, 0.3) is 11.8 Å². The Hall–Kier alpha value is -5.38. The second-order valence-electron chi connectivity index (χ2n) is 17.1. The number of ketones is 1. The van der Waals surface area contributed by atoms with Crippen LogP contribution < -0.4 is 21.7 Å². The van der Waals surface area contributed by atoms with E-state index in [1.165, 1.54) is 15.8 Å². The molecular formula is C41H54N8O8. The van der Waals surface area contributed by atoms with Crippen LogP contribution in [0.3, 0.4) is 0 Å². The van der Waals surface area contributed by atoms with Crippen LogP contribution in [0.25, 0.3) is 10.8 Å². The zero-order chi connectivity index (χ0) is 41.2. The highest BCUT2D eigenvalue weighted by molar-refractivity contribution is 6.37. The number of aromatic nitrogens is 3. The van der Waals surface area contributed by atoms with Crippen LogP contribution >= 0.6 is 0 Å². The minimum atomic E-state index is -1.36. The van der Waals surface area contributed by atoms with Crippen molar-refractivity contribution >= 4 is 46.3 Å². The van der Waals surface area contributed by atoms with E-state index >= 15 is 4.79 Å². The predicted molar refractivity (Wildman–Crippen MR) is 208 cm³/mol. The molecule has 0 spiro atoms. The maximum absolute atomic E-state index is 15.1. The van der Waals surface area contributed by atoms with Gasteiger partial charge in [0.1, 0.15) is 17.7 Å². The summed E-state index contributed by atoms with van der Waals surface area (Å²) < 4.78 is 1.50. The molecule has 2 heterocycles. The van der Waals surface area contributed by atoms with Gasteiger partial charge in [-0.1, -0.05) is 49.4 Å². The maximum atomic E-state index is 15.1. The Morgan fingerprint density at radius 2 is 1.72 bits per heavy atom. The number of nitrogens with two attached hydrogens (primary N) is 1. The minimum absolute atomic E-state index is 0.00484. The average molecular weight is 787 g/mol. The number of Topliss-reactive ketones (excluding diaryl/α,β-unsaturated/α-hetero) is 1. The highest BCUT2D eigenvalue weighted by atomic mass is 16.4. The second-order valence-corrected chi connectivity index (χ2v) is 17.1. The van der Waals surface area contributed by atoms with E-state index in [0.717, 1.165) is 30.0 Å². The van der Waals surface area contributed by atoms with Crippen LogP contribution in [0.5, 0.6) is 0 Å². The van der Waals surface area contributed by atoms with E-state index < -0.39 is 65.3 Å². The number of likely N-dealkylation sites (tertiary alicyclic amines) is 1. The summed E-state index contributed by atoms with van der Waals surface area (Å²) in [6.45, 7) is 7.75. The number of carbonyl (C=O) groups is 6. The number of benzene rings is 2. The number of nitrogens with one attached hydrogen (secondary N) is 3. The number of rotatable bonds is 16. The Morgan fingerprint density at radius 3 is 2.39 bits per heavy atom. The molecule has 2 bridgehead atoms. The molecule has 3 aliphatic carbocycles. The van der Waals surface area contributed by atoms with Gasteiger partial charge in [0.2, 0.25) is 17.6 Å². The topological polar surface area (TPSA) is 239 Å². The monoisotopic (exact) mass is 786 g/mol. The third-order valence-corrected chi connectivity index (χ3v) is 12.6. The summed E-state index contributed by atoms with van der Waals surface area (Å²) in [7, 11) is 0. The fourth-order valence-electron chi connectivity index (χ4n) is 9.35. The van der Waals surface area contributed by atoms with Crippen LogP contribution in [0, 0.1) is 23.2 Å². The highest BCUT2D eigenvalue weighted by Crippen LogP contribution is 2.62. The van der Waals surface area contributed by atoms with Gasteiger partial charge in [-0.15, -0.1) is 5.10 Å². The van der Waals surface area contributed by atoms with Gasteiger partial charge >= 0.3 is 6.09 Å². The normalized spacial score (nSPS) is 23.5. The summed E-state index contributed by atoms with van der Waals surface area (Å²) in [5.74, 6) is -2.76. The van der Waals surface area contributed by atoms with Crippen LogP contribution in [-0.2, 0) is 24.8 Å². The lowest BCUT2D eigenvalue weighted by Gasteiger charge is -2.60. The summed E-state index contributed by atoms with van der Waals surface area (Å²) in [6, 6.07) is 8.89. The first-order valence-corrected chi connectivity index (χ1v) is 19.8. The number of primary amides is 1. The number of carbonyl (C=O) groups excluding carboxylic acids is 5. The average Bonchev–Trinajstić information content (AvgIpc) is 3.85. The van der Waals surface area contributed by atoms with Crippen molar-refractivity contribution < 1.29 is 39.0 Å². The Balaban J connectivity index is 1.31. The van der Waals surface area contributed by atoms with Crippen molar-refractivity contribution in [1.29, 1.82) is 0 Å². The third kappa shape index (κ3) is 8.95. The van der Waals surface area contributed by atoms with Crippen molar-refractivity contribution in [1.82, 2.24) is 35.8 Å². The number of hydrogen-bond acceptors (Lipinski definition) is 9. The van der Waals surface area contributed by atoms with Crippen LogP contribution in [0.15, 0.2) is 48.7 Å². The van der Waals surface area contributed by atoms with Gasteiger partial charge in [0, 0.05) is 25.1 Å². The van der Waals surface area contributed by atoms with Crippen molar-refractivity contribution in [3.63, 3.8) is 0 Å². The molecule has 2 unspecified atom stereocenters. The van der Waals surface area contributed by atoms with Gasteiger partial charge in [-0.2, -0.15) is 0 Å². The van der Waals surface area contributed by atoms with Gasteiger partial charge in [0.15, 0.2) is 0 Å². The van der Waals surface area contributed by atoms with Gasteiger partial charge < -0.3 is 36.8 Å². The first-order chi connectivity index (χ1) is 26.9. The lowest BCUT2D eigenvalue weighted by Crippen LogP contribution is -2.58. The largest absolute Gasteiger partial charge is 0.465 e. The smallest absolute Gasteiger partial charge is 0.404 e. The number of nitrogens with zero attached hydrogens (tertiary/aromatic N) is 4. The number of hydrogen-bond donors (Lipinski definition) is 6. The number of carboxylic acid groups (broad SMARTS) is 1. The number of amides is 5. The van der Waals surface area contributed by atoms with Crippen molar-refractivity contribution in [2.75, 3.05) is 13.1 Å². The Labute approximate surface area is 331 Å². The van der Waals surface area contributed by atoms with E-state index in [1.807, 2.05) is 30.3 Å². The van der Waals surface area contributed by atoms with Gasteiger partial charge in [-0.05, 0) is 105 Å². The molecule has 2 aromatic carbocycles. The summed E-state index contributed by atoms with van der Waals surface area (Å²) >= 11 is 0. The number of fused-ring (bicyclic) bond motifs is 3. The lowest BCUT2D eigenvalue weighted by molar-refractivity contribution is -0.143. The van der Waals surface area contributed by atoms with E-state index in [4.69, 9.17) is 10.8 Å². The molecule has 4 fully saturated rings. The summed E-state index contributed by atoms with van der Waals surface area (Å²) in [6.07, 6.45) is 4.19. The second kappa shape index (κ2) is 16.6. The molecule has 0 radical (unpaired) electrons. The molecule has 57 heavy (non-hydrogen) atoms. The highest BCUT2D eigenvalue weighted by Gasteiger charge is 2.55. The van der Waals surface area contributed by atoms with Crippen LogP contribution in [0.2, 0.25) is 0 Å². The molecule has 16 heteroatoms. The molecular weight excluding hydrogens is 732 g/mol. The van der Waals surface area contributed by atoms with Crippen LogP contribution in [0.1, 0.15) is 101 Å². The minimum Gasteiger partial charge on any atom is -0.465 e. The molecule has 7 N–H and O–H groups in total. The number of aliphatic hydroxyl groups is 1.